The molecule has 10 heteroatoms. The lowest BCUT2D eigenvalue weighted by Crippen LogP contribution is -2.23. The highest BCUT2D eigenvalue weighted by Gasteiger charge is 2.23. The van der Waals surface area contributed by atoms with Crippen molar-refractivity contribution in [2.24, 2.45) is 0 Å². The predicted octanol–water partition coefficient (Wildman–Crippen LogP) is 4.73. The average Bonchev–Trinajstić information content (AvgIpc) is 3.24. The van der Waals surface area contributed by atoms with Crippen LogP contribution in [0.1, 0.15) is 54.8 Å². The number of carbonyl (C=O) groups is 2. The number of hydrogen-bond acceptors (Lipinski definition) is 8. The molecule has 1 aliphatic heterocycles. The highest BCUT2D eigenvalue weighted by molar-refractivity contribution is 7.20. The van der Waals surface area contributed by atoms with Crippen LogP contribution in [0.15, 0.2) is 41.5 Å². The number of esters is 1. The van der Waals surface area contributed by atoms with Crippen LogP contribution in [0.25, 0.3) is 10.2 Å². The van der Waals surface area contributed by atoms with E-state index in [0.29, 0.717) is 43.1 Å². The third kappa shape index (κ3) is 4.80. The van der Waals surface area contributed by atoms with Crippen molar-refractivity contribution in [2.45, 2.75) is 40.8 Å². The van der Waals surface area contributed by atoms with Crippen LogP contribution in [-0.2, 0) is 22.6 Å². The van der Waals surface area contributed by atoms with Crippen LogP contribution < -0.4 is 15.6 Å². The number of hydrogen-bond donors (Lipinski definition) is 1. The Balaban J connectivity index is 1.50. The third-order valence-electron chi connectivity index (χ3n) is 6.39. The zero-order valence-corrected chi connectivity index (χ0v) is 22.4. The molecule has 0 aliphatic carbocycles. The molecule has 1 aliphatic rings. The Hall–Kier alpha value is -4.02. The van der Waals surface area contributed by atoms with Crippen LogP contribution in [0.2, 0.25) is 0 Å². The van der Waals surface area contributed by atoms with Crippen molar-refractivity contribution in [3.05, 3.63) is 85.3 Å². The first-order valence-electron chi connectivity index (χ1n) is 12.2. The molecule has 1 N–H and O–H groups in total. The monoisotopic (exact) mass is 533 g/mol. The number of carbonyl (C=O) groups excluding carboxylic acids is 2. The standard InChI is InChI=1S/C28H27N3O6S/c1-5-36-28(34)18-9-19(23-20(10-18)12-35-14-37-23)11-31-13-29-26-22(27(31)33)17(4)24(38-26)25(32)30-21-7-6-15(2)8-16(21)3/h6-10,13H,5,11-12,14H2,1-4H3,(H,30,32). The molecule has 0 fully saturated rings. The lowest BCUT2D eigenvalue weighted by atomic mass is 10.0. The smallest absolute Gasteiger partial charge is 0.338 e. The van der Waals surface area contributed by atoms with Gasteiger partial charge in [0.25, 0.3) is 11.5 Å². The molecule has 9 nitrogen and oxygen atoms in total. The summed E-state index contributed by atoms with van der Waals surface area (Å²) in [6, 6.07) is 9.16. The molecule has 38 heavy (non-hydrogen) atoms. The molecule has 0 saturated carbocycles. The Morgan fingerprint density at radius 3 is 2.76 bits per heavy atom. The first-order chi connectivity index (χ1) is 18.3. The lowest BCUT2D eigenvalue weighted by Gasteiger charge is -2.22. The SMILES string of the molecule is CCOC(=O)c1cc2c(c(Cn3cnc4sc(C(=O)Nc5ccc(C)cc5C)c(C)c4c3=O)c1)OCOC2. The average molecular weight is 534 g/mol. The maximum Gasteiger partial charge on any atom is 0.338 e. The molecule has 0 saturated heterocycles. The number of amides is 1. The Morgan fingerprint density at radius 2 is 2.00 bits per heavy atom. The summed E-state index contributed by atoms with van der Waals surface area (Å²) in [7, 11) is 0. The van der Waals surface area contributed by atoms with E-state index in [9.17, 15) is 14.4 Å². The number of rotatable bonds is 6. The molecule has 0 bridgehead atoms. The summed E-state index contributed by atoms with van der Waals surface area (Å²) < 4.78 is 17.7. The maximum atomic E-state index is 13.6. The molecule has 0 atom stereocenters. The lowest BCUT2D eigenvalue weighted by molar-refractivity contribution is -0.0171. The molecule has 3 heterocycles. The number of thiophene rings is 1. The van der Waals surface area contributed by atoms with E-state index in [2.05, 4.69) is 10.3 Å². The fourth-order valence-corrected chi connectivity index (χ4v) is 5.59. The van der Waals surface area contributed by atoms with E-state index < -0.39 is 5.97 Å². The molecule has 2 aromatic heterocycles. The van der Waals surface area contributed by atoms with Crippen LogP contribution >= 0.6 is 11.3 Å². The van der Waals surface area contributed by atoms with E-state index in [1.165, 1.54) is 22.2 Å². The van der Waals surface area contributed by atoms with Crippen LogP contribution in [-0.4, -0.2) is 34.8 Å². The summed E-state index contributed by atoms with van der Waals surface area (Å²) in [5.74, 6) is -0.170. The number of anilines is 1. The van der Waals surface area contributed by atoms with Crippen molar-refractivity contribution in [2.75, 3.05) is 18.7 Å². The minimum absolute atomic E-state index is 0.0769. The Bertz CT molecular complexity index is 1640. The number of benzene rings is 2. The zero-order valence-electron chi connectivity index (χ0n) is 21.5. The van der Waals surface area contributed by atoms with Gasteiger partial charge in [-0.05, 0) is 57.0 Å². The summed E-state index contributed by atoms with van der Waals surface area (Å²) in [5, 5.41) is 3.35. The van der Waals surface area contributed by atoms with E-state index in [4.69, 9.17) is 14.2 Å². The summed E-state index contributed by atoms with van der Waals surface area (Å²) in [4.78, 5) is 44.5. The summed E-state index contributed by atoms with van der Waals surface area (Å²) in [6.45, 7) is 8.15. The fraction of sp³-hybridized carbons (Fsp3) is 0.286. The van der Waals surface area contributed by atoms with E-state index >= 15 is 0 Å². The van der Waals surface area contributed by atoms with Crippen molar-refractivity contribution >= 4 is 39.1 Å². The van der Waals surface area contributed by atoms with Crippen molar-refractivity contribution in [3.8, 4) is 5.75 Å². The molecule has 5 rings (SSSR count). The number of aromatic nitrogens is 2. The summed E-state index contributed by atoms with van der Waals surface area (Å²) in [6.07, 6.45) is 1.45. The highest BCUT2D eigenvalue weighted by atomic mass is 32.1. The van der Waals surface area contributed by atoms with Gasteiger partial charge in [0, 0.05) is 16.8 Å². The molecule has 4 aromatic rings. The zero-order chi connectivity index (χ0) is 27.0. The number of nitrogens with zero attached hydrogens (tertiary/aromatic N) is 2. The van der Waals surface area contributed by atoms with Gasteiger partial charge in [0.1, 0.15) is 10.6 Å². The molecular weight excluding hydrogens is 506 g/mol. The molecule has 196 valence electrons. The van der Waals surface area contributed by atoms with Crippen molar-refractivity contribution in [3.63, 3.8) is 0 Å². The van der Waals surface area contributed by atoms with E-state index in [-0.39, 0.29) is 38.0 Å². The minimum atomic E-state index is -0.462. The maximum absolute atomic E-state index is 13.6. The number of ether oxygens (including phenoxy) is 3. The van der Waals surface area contributed by atoms with Crippen LogP contribution in [0.5, 0.6) is 5.75 Å². The van der Waals surface area contributed by atoms with Crippen LogP contribution in [0.3, 0.4) is 0 Å². The first kappa shape index (κ1) is 25.6. The van der Waals surface area contributed by atoms with Crippen molar-refractivity contribution < 1.29 is 23.8 Å². The van der Waals surface area contributed by atoms with Crippen LogP contribution in [0.4, 0.5) is 5.69 Å². The van der Waals surface area contributed by atoms with Gasteiger partial charge < -0.3 is 19.5 Å². The quantitative estimate of drug-likeness (QED) is 0.357. The molecule has 1 amide bonds. The van der Waals surface area contributed by atoms with Gasteiger partial charge in [0.15, 0.2) is 6.79 Å². The highest BCUT2D eigenvalue weighted by Crippen LogP contribution is 2.32. The second-order valence-corrected chi connectivity index (χ2v) is 10.1. The number of nitrogens with one attached hydrogen (secondary N) is 1. The van der Waals surface area contributed by atoms with Gasteiger partial charge in [-0.2, -0.15) is 0 Å². The van der Waals surface area contributed by atoms with Gasteiger partial charge in [-0.25, -0.2) is 9.78 Å². The summed E-state index contributed by atoms with van der Waals surface area (Å²) in [5.41, 5.74) is 4.78. The molecule has 0 radical (unpaired) electrons. The van der Waals surface area contributed by atoms with Crippen molar-refractivity contribution in [1.82, 2.24) is 9.55 Å². The van der Waals surface area contributed by atoms with E-state index in [0.717, 1.165) is 16.8 Å². The van der Waals surface area contributed by atoms with Gasteiger partial charge >= 0.3 is 5.97 Å². The van der Waals surface area contributed by atoms with Gasteiger partial charge in [-0.3, -0.25) is 14.2 Å². The van der Waals surface area contributed by atoms with Gasteiger partial charge in [-0.15, -0.1) is 11.3 Å². The van der Waals surface area contributed by atoms with Gasteiger partial charge in [0.05, 0.1) is 41.9 Å². The minimum Gasteiger partial charge on any atom is -0.467 e. The molecular formula is C28H27N3O6S. The second kappa shape index (κ2) is 10.4. The number of aryl methyl sites for hydroxylation is 3. The Labute approximate surface area is 223 Å². The predicted molar refractivity (Wildman–Crippen MR) is 144 cm³/mol. The van der Waals surface area contributed by atoms with Crippen LogP contribution in [0, 0.1) is 20.8 Å². The van der Waals surface area contributed by atoms with E-state index in [1.807, 2.05) is 32.0 Å². The molecule has 2 aromatic carbocycles. The summed E-state index contributed by atoms with van der Waals surface area (Å²) >= 11 is 1.19. The Kier molecular flexibility index (Phi) is 7.00. The third-order valence-corrected chi connectivity index (χ3v) is 7.59. The topological polar surface area (TPSA) is 109 Å². The van der Waals surface area contributed by atoms with E-state index in [1.54, 1.807) is 26.0 Å². The van der Waals surface area contributed by atoms with Gasteiger partial charge in [-0.1, -0.05) is 17.7 Å². The Morgan fingerprint density at radius 1 is 1.18 bits per heavy atom. The largest absolute Gasteiger partial charge is 0.467 e. The second-order valence-electron chi connectivity index (χ2n) is 9.14. The first-order valence-corrected chi connectivity index (χ1v) is 13.0. The van der Waals surface area contributed by atoms with Gasteiger partial charge in [0.2, 0.25) is 0 Å². The van der Waals surface area contributed by atoms with Crippen molar-refractivity contribution in [1.29, 1.82) is 0 Å². The fourth-order valence-electron chi connectivity index (χ4n) is 4.55. The molecule has 0 spiro atoms. The number of fused-ring (bicyclic) bond motifs is 2. The normalized spacial score (nSPS) is 12.6. The molecule has 0 unspecified atom stereocenters.